The molecule has 0 fully saturated rings. The first-order chi connectivity index (χ1) is 16.7. The summed E-state index contributed by atoms with van der Waals surface area (Å²) in [7, 11) is 0. The van der Waals surface area contributed by atoms with Gasteiger partial charge in [0.05, 0.1) is 0 Å². The first-order valence-electron chi connectivity index (χ1n) is 11.8. The molecule has 3 amide bonds. The van der Waals surface area contributed by atoms with Gasteiger partial charge in [0.15, 0.2) is 0 Å². The molecule has 3 aromatic rings. The number of nitrogens with one attached hydrogen (secondary N) is 2. The summed E-state index contributed by atoms with van der Waals surface area (Å²) in [6.45, 7) is 7.26. The molecule has 0 heterocycles. The van der Waals surface area contributed by atoms with Crippen molar-refractivity contribution in [2.24, 2.45) is 0 Å². The number of anilines is 1. The van der Waals surface area contributed by atoms with Gasteiger partial charge in [0, 0.05) is 12.2 Å². The lowest BCUT2D eigenvalue weighted by Crippen LogP contribution is -2.46. The number of ether oxygens (including phenoxy) is 1. The Hall–Kier alpha value is -3.87. The van der Waals surface area contributed by atoms with E-state index in [1.165, 1.54) is 4.90 Å². The fraction of sp³-hybridized carbons (Fsp3) is 0.321. The van der Waals surface area contributed by atoms with Crippen LogP contribution < -0.4 is 10.6 Å². The van der Waals surface area contributed by atoms with Gasteiger partial charge >= 0.3 is 6.09 Å². The van der Waals surface area contributed by atoms with Gasteiger partial charge in [-0.25, -0.2) is 4.79 Å². The molecule has 184 valence electrons. The van der Waals surface area contributed by atoms with Crippen molar-refractivity contribution in [1.29, 1.82) is 0 Å². The molecule has 3 aromatic carbocycles. The van der Waals surface area contributed by atoms with Crippen LogP contribution in [0.25, 0.3) is 10.8 Å². The number of nitrogens with zero attached hydrogens (tertiary/aromatic N) is 1. The zero-order chi connectivity index (χ0) is 25.4. The predicted molar refractivity (Wildman–Crippen MR) is 138 cm³/mol. The van der Waals surface area contributed by atoms with Crippen LogP contribution in [0.3, 0.4) is 0 Å². The van der Waals surface area contributed by atoms with E-state index >= 15 is 0 Å². The molecule has 0 aliphatic carbocycles. The molecular weight excluding hydrogens is 442 g/mol. The summed E-state index contributed by atoms with van der Waals surface area (Å²) >= 11 is 0. The number of rotatable bonds is 8. The van der Waals surface area contributed by atoms with Crippen molar-refractivity contribution >= 4 is 34.4 Å². The molecule has 1 atom stereocenters. The molecule has 0 spiro atoms. The number of hydrogen-bond acceptors (Lipinski definition) is 4. The van der Waals surface area contributed by atoms with Crippen molar-refractivity contribution in [1.82, 2.24) is 10.2 Å². The maximum Gasteiger partial charge on any atom is 0.408 e. The molecule has 0 saturated carbocycles. The van der Waals surface area contributed by atoms with E-state index < -0.39 is 17.7 Å². The zero-order valence-corrected chi connectivity index (χ0v) is 20.7. The second-order valence-electron chi connectivity index (χ2n) is 9.31. The summed E-state index contributed by atoms with van der Waals surface area (Å²) in [5.74, 6) is -0.703. The van der Waals surface area contributed by atoms with E-state index in [0.29, 0.717) is 24.2 Å². The lowest BCUT2D eigenvalue weighted by Gasteiger charge is -2.31. The van der Waals surface area contributed by atoms with Crippen molar-refractivity contribution in [2.45, 2.75) is 45.8 Å². The monoisotopic (exact) mass is 475 g/mol. The summed E-state index contributed by atoms with van der Waals surface area (Å²) in [6.07, 6.45) is -0.0377. The Morgan fingerprint density at radius 3 is 2.23 bits per heavy atom. The van der Waals surface area contributed by atoms with Crippen LogP contribution in [0.2, 0.25) is 0 Å². The normalized spacial score (nSPS) is 12.0. The molecule has 0 aliphatic heterocycles. The average Bonchev–Trinajstić information content (AvgIpc) is 2.82. The third-order valence-corrected chi connectivity index (χ3v) is 5.26. The minimum absolute atomic E-state index is 0.276. The van der Waals surface area contributed by atoms with Crippen molar-refractivity contribution in [2.75, 3.05) is 18.4 Å². The summed E-state index contributed by atoms with van der Waals surface area (Å²) in [6, 6.07) is 21.9. The Morgan fingerprint density at radius 1 is 0.914 bits per heavy atom. The van der Waals surface area contributed by atoms with Gasteiger partial charge in [-0.2, -0.15) is 0 Å². The van der Waals surface area contributed by atoms with Gasteiger partial charge in [-0.15, -0.1) is 0 Å². The molecule has 7 heteroatoms. The molecule has 0 saturated heterocycles. The van der Waals surface area contributed by atoms with E-state index in [4.69, 9.17) is 4.74 Å². The van der Waals surface area contributed by atoms with Crippen molar-refractivity contribution in [3.05, 3.63) is 78.4 Å². The Balaban J connectivity index is 1.84. The van der Waals surface area contributed by atoms with Gasteiger partial charge in [0.1, 0.15) is 18.2 Å². The molecular formula is C28H33N3O4. The molecule has 0 radical (unpaired) electrons. The third kappa shape index (κ3) is 7.30. The van der Waals surface area contributed by atoms with Crippen molar-refractivity contribution < 1.29 is 19.1 Å². The quantitative estimate of drug-likeness (QED) is 0.464. The Bertz CT molecular complexity index is 1170. The lowest BCUT2D eigenvalue weighted by atomic mass is 10.0. The van der Waals surface area contributed by atoms with Crippen LogP contribution in [0, 0.1) is 0 Å². The average molecular weight is 476 g/mol. The van der Waals surface area contributed by atoms with Crippen molar-refractivity contribution in [3.8, 4) is 0 Å². The number of alkyl carbamates (subject to hydrolysis) is 1. The van der Waals surface area contributed by atoms with E-state index in [1.807, 2.05) is 79.7 Å². The summed E-state index contributed by atoms with van der Waals surface area (Å²) in [5, 5.41) is 7.56. The maximum atomic E-state index is 13.6. The minimum Gasteiger partial charge on any atom is -0.444 e. The van der Waals surface area contributed by atoms with E-state index in [-0.39, 0.29) is 18.4 Å². The van der Waals surface area contributed by atoms with E-state index in [9.17, 15) is 14.4 Å². The molecule has 0 bridgehead atoms. The molecule has 35 heavy (non-hydrogen) atoms. The van der Waals surface area contributed by atoms with Gasteiger partial charge < -0.3 is 20.3 Å². The van der Waals surface area contributed by atoms with Crippen LogP contribution in [0.4, 0.5) is 10.5 Å². The largest absolute Gasteiger partial charge is 0.444 e. The molecule has 0 aromatic heterocycles. The smallest absolute Gasteiger partial charge is 0.408 e. The number of hydrogen-bond donors (Lipinski definition) is 2. The highest BCUT2D eigenvalue weighted by atomic mass is 16.6. The van der Waals surface area contributed by atoms with Crippen LogP contribution in [-0.2, 0) is 14.3 Å². The Labute approximate surface area is 206 Å². The zero-order valence-electron chi connectivity index (χ0n) is 20.7. The van der Waals surface area contributed by atoms with E-state index in [2.05, 4.69) is 10.6 Å². The van der Waals surface area contributed by atoms with Gasteiger partial charge in [0.2, 0.25) is 5.91 Å². The SMILES string of the molecule is CCCN(C(=O)CNC(=O)OC(C)(C)C)C(C(=O)Nc1ccc2ccccc2c1)c1ccccc1. The summed E-state index contributed by atoms with van der Waals surface area (Å²) in [5.41, 5.74) is 0.651. The molecule has 0 aliphatic rings. The van der Waals surface area contributed by atoms with Crippen LogP contribution in [-0.4, -0.2) is 41.5 Å². The van der Waals surface area contributed by atoms with Gasteiger partial charge in [-0.3, -0.25) is 9.59 Å². The fourth-order valence-electron chi connectivity index (χ4n) is 3.79. The number of carbonyl (C=O) groups excluding carboxylic acids is 3. The molecule has 3 rings (SSSR count). The molecule has 7 nitrogen and oxygen atoms in total. The Kier molecular flexibility index (Phi) is 8.47. The second kappa shape index (κ2) is 11.5. The van der Waals surface area contributed by atoms with Crippen LogP contribution >= 0.6 is 0 Å². The standard InChI is InChI=1S/C28H33N3O4/c1-5-17-31(24(32)19-29-27(34)35-28(2,3)4)25(21-12-7-6-8-13-21)26(33)30-23-16-15-20-11-9-10-14-22(20)18-23/h6-16,18,25H,5,17,19H2,1-4H3,(H,29,34)(H,30,33). The van der Waals surface area contributed by atoms with E-state index in [1.54, 1.807) is 20.8 Å². The Morgan fingerprint density at radius 2 is 1.57 bits per heavy atom. The van der Waals surface area contributed by atoms with Gasteiger partial charge in [-0.1, -0.05) is 67.6 Å². The van der Waals surface area contributed by atoms with Gasteiger partial charge in [0.25, 0.3) is 5.91 Å². The second-order valence-corrected chi connectivity index (χ2v) is 9.31. The van der Waals surface area contributed by atoms with Crippen LogP contribution in [0.15, 0.2) is 72.8 Å². The first kappa shape index (κ1) is 25.7. The van der Waals surface area contributed by atoms with E-state index in [0.717, 1.165) is 10.8 Å². The van der Waals surface area contributed by atoms with Gasteiger partial charge in [-0.05, 0) is 55.7 Å². The third-order valence-electron chi connectivity index (χ3n) is 5.26. The topological polar surface area (TPSA) is 87.7 Å². The minimum atomic E-state index is -0.865. The number of fused-ring (bicyclic) bond motifs is 1. The lowest BCUT2D eigenvalue weighted by molar-refractivity contribution is -0.138. The molecule has 1 unspecified atom stereocenters. The van der Waals surface area contributed by atoms with Crippen molar-refractivity contribution in [3.63, 3.8) is 0 Å². The van der Waals surface area contributed by atoms with Crippen LogP contribution in [0.1, 0.15) is 45.7 Å². The molecule has 2 N–H and O–H groups in total. The number of carbonyl (C=O) groups is 3. The predicted octanol–water partition coefficient (Wildman–Crippen LogP) is 5.28. The maximum absolute atomic E-state index is 13.6. The highest BCUT2D eigenvalue weighted by molar-refractivity contribution is 6.00. The van der Waals surface area contributed by atoms with Crippen LogP contribution in [0.5, 0.6) is 0 Å². The fourth-order valence-corrected chi connectivity index (χ4v) is 3.79. The highest BCUT2D eigenvalue weighted by Crippen LogP contribution is 2.25. The summed E-state index contributed by atoms with van der Waals surface area (Å²) < 4.78 is 5.23. The first-order valence-corrected chi connectivity index (χ1v) is 11.8. The summed E-state index contributed by atoms with van der Waals surface area (Å²) in [4.78, 5) is 40.4. The number of amides is 3. The highest BCUT2D eigenvalue weighted by Gasteiger charge is 2.31. The number of benzene rings is 3.